The highest BCUT2D eigenvalue weighted by Gasteiger charge is 2.34. The Morgan fingerprint density at radius 2 is 1.96 bits per heavy atom. The number of nitrogens with one attached hydrogen (secondary N) is 1. The van der Waals surface area contributed by atoms with E-state index in [9.17, 15) is 4.79 Å². The fourth-order valence-corrected chi connectivity index (χ4v) is 4.35. The van der Waals surface area contributed by atoms with E-state index >= 15 is 0 Å². The molecule has 0 fully saturated rings. The van der Waals surface area contributed by atoms with Crippen molar-refractivity contribution in [2.24, 2.45) is 0 Å². The summed E-state index contributed by atoms with van der Waals surface area (Å²) in [6.45, 7) is 12.6. The van der Waals surface area contributed by atoms with Crippen LogP contribution in [0.1, 0.15) is 59.1 Å². The van der Waals surface area contributed by atoms with Crippen molar-refractivity contribution in [1.29, 1.82) is 0 Å². The second kappa shape index (κ2) is 7.89. The lowest BCUT2D eigenvalue weighted by Gasteiger charge is -2.29. The molecule has 1 aromatic carbocycles. The zero-order valence-electron chi connectivity index (χ0n) is 16.2. The second-order valence-corrected chi connectivity index (χ2v) is 10.2. The van der Waals surface area contributed by atoms with Gasteiger partial charge in [-0.25, -0.2) is 0 Å². The van der Waals surface area contributed by atoms with Crippen molar-refractivity contribution in [1.82, 2.24) is 5.32 Å². The average Bonchev–Trinajstić information content (AvgIpc) is 2.46. The van der Waals surface area contributed by atoms with Crippen molar-refractivity contribution >= 4 is 29.3 Å². The van der Waals surface area contributed by atoms with Crippen LogP contribution in [0.25, 0.3) is 0 Å². The number of esters is 1. The van der Waals surface area contributed by atoms with Crippen LogP contribution in [0.15, 0.2) is 17.0 Å². The molecular formula is C20H30ClNO2S. The van der Waals surface area contributed by atoms with E-state index < -0.39 is 10.3 Å². The van der Waals surface area contributed by atoms with Crippen molar-refractivity contribution in [3.63, 3.8) is 0 Å². The van der Waals surface area contributed by atoms with Gasteiger partial charge in [-0.15, -0.1) is 11.8 Å². The van der Waals surface area contributed by atoms with E-state index in [2.05, 4.69) is 24.4 Å². The van der Waals surface area contributed by atoms with E-state index in [0.29, 0.717) is 6.04 Å². The van der Waals surface area contributed by atoms with Crippen LogP contribution >= 0.6 is 23.4 Å². The van der Waals surface area contributed by atoms with Gasteiger partial charge in [-0.2, -0.15) is 0 Å². The van der Waals surface area contributed by atoms with Crippen LogP contribution in [0.3, 0.4) is 0 Å². The molecule has 1 unspecified atom stereocenters. The molecule has 0 heterocycles. The highest BCUT2D eigenvalue weighted by Crippen LogP contribution is 2.40. The van der Waals surface area contributed by atoms with Crippen molar-refractivity contribution in [2.75, 3.05) is 6.54 Å². The number of hydrogen-bond donors (Lipinski definition) is 1. The zero-order valence-corrected chi connectivity index (χ0v) is 17.7. The summed E-state index contributed by atoms with van der Waals surface area (Å²) in [5.41, 5.74) is 2.18. The largest absolute Gasteiger partial charge is 0.459 e. The van der Waals surface area contributed by atoms with E-state index in [-0.39, 0.29) is 5.97 Å². The maximum atomic E-state index is 12.5. The molecule has 2 rings (SSSR count). The Hall–Kier alpha value is -0.710. The second-order valence-electron chi connectivity index (χ2n) is 8.16. The molecule has 0 saturated heterocycles. The van der Waals surface area contributed by atoms with Gasteiger partial charge in [-0.05, 0) is 83.7 Å². The van der Waals surface area contributed by atoms with Crippen molar-refractivity contribution in [3.05, 3.63) is 28.3 Å². The summed E-state index contributed by atoms with van der Waals surface area (Å²) in [7, 11) is 0. The first-order valence-corrected chi connectivity index (χ1v) is 10.2. The number of carbonyl (C=O) groups is 1. The third-order valence-electron chi connectivity index (χ3n) is 4.23. The third kappa shape index (κ3) is 5.63. The number of halogens is 1. The van der Waals surface area contributed by atoms with Crippen LogP contribution in [0.5, 0.6) is 0 Å². The number of aryl methyl sites for hydroxylation is 1. The minimum Gasteiger partial charge on any atom is -0.459 e. The zero-order chi connectivity index (χ0) is 18.8. The Morgan fingerprint density at radius 1 is 1.28 bits per heavy atom. The van der Waals surface area contributed by atoms with Gasteiger partial charge in [0.05, 0.1) is 5.02 Å². The normalized spacial score (nSPS) is 18.0. The summed E-state index contributed by atoms with van der Waals surface area (Å²) in [5.74, 6) is -0.217. The summed E-state index contributed by atoms with van der Waals surface area (Å²) in [5, 5.41) is 4.24. The van der Waals surface area contributed by atoms with Crippen LogP contribution < -0.4 is 5.32 Å². The molecule has 3 nitrogen and oxygen atoms in total. The van der Waals surface area contributed by atoms with Crippen molar-refractivity contribution in [2.45, 2.75) is 82.1 Å². The topological polar surface area (TPSA) is 38.3 Å². The van der Waals surface area contributed by atoms with Crippen LogP contribution in [0.2, 0.25) is 5.02 Å². The first-order chi connectivity index (χ1) is 11.5. The first-order valence-electron chi connectivity index (χ1n) is 8.99. The average molecular weight is 384 g/mol. The third-order valence-corrected chi connectivity index (χ3v) is 5.89. The SMILES string of the molecule is CCNC1CCc2cc(SC(C)(C)C(=O)OC(C)(C)C)c(Cl)cc2C1. The van der Waals surface area contributed by atoms with Crippen LogP contribution in [-0.4, -0.2) is 28.9 Å². The Labute approximate surface area is 161 Å². The number of fused-ring (bicyclic) bond motifs is 1. The molecule has 1 aliphatic rings. The molecule has 0 aromatic heterocycles. The Balaban J connectivity index is 2.17. The number of thioether (sulfide) groups is 1. The Morgan fingerprint density at radius 3 is 2.56 bits per heavy atom. The van der Waals surface area contributed by atoms with E-state index in [1.807, 2.05) is 34.6 Å². The monoisotopic (exact) mass is 383 g/mol. The standard InChI is InChI=1S/C20H30ClNO2S/c1-7-22-15-9-8-13-12-17(16(21)11-14(13)10-15)25-20(5,6)18(23)24-19(2,3)4/h11-12,15,22H,7-10H2,1-6H3. The molecule has 0 aliphatic heterocycles. The van der Waals surface area contributed by atoms with Gasteiger partial charge < -0.3 is 10.1 Å². The van der Waals surface area contributed by atoms with E-state index in [4.69, 9.17) is 16.3 Å². The minimum absolute atomic E-state index is 0.217. The first kappa shape index (κ1) is 20.6. The molecule has 1 atom stereocenters. The number of likely N-dealkylation sites (N-methyl/N-ethyl adjacent to an activating group) is 1. The minimum atomic E-state index is -0.688. The van der Waals surface area contributed by atoms with Gasteiger partial charge in [0.2, 0.25) is 0 Å². The highest BCUT2D eigenvalue weighted by atomic mass is 35.5. The van der Waals surface area contributed by atoms with Crippen LogP contribution in [-0.2, 0) is 22.4 Å². The summed E-state index contributed by atoms with van der Waals surface area (Å²) in [6, 6.07) is 4.77. The number of hydrogen-bond acceptors (Lipinski definition) is 4. The smallest absolute Gasteiger partial charge is 0.322 e. The van der Waals surface area contributed by atoms with E-state index in [1.54, 1.807) is 0 Å². The molecule has 25 heavy (non-hydrogen) atoms. The molecule has 0 bridgehead atoms. The lowest BCUT2D eigenvalue weighted by Crippen LogP contribution is -2.36. The van der Waals surface area contributed by atoms with Crippen LogP contribution in [0.4, 0.5) is 0 Å². The van der Waals surface area contributed by atoms with Crippen LogP contribution in [0, 0.1) is 0 Å². The quantitative estimate of drug-likeness (QED) is 0.572. The number of ether oxygens (including phenoxy) is 1. The van der Waals surface area contributed by atoms with Gasteiger partial charge in [-0.1, -0.05) is 18.5 Å². The molecule has 0 radical (unpaired) electrons. The summed E-state index contributed by atoms with van der Waals surface area (Å²) < 4.78 is 4.87. The Kier molecular flexibility index (Phi) is 6.50. The van der Waals surface area contributed by atoms with Crippen molar-refractivity contribution < 1.29 is 9.53 Å². The Bertz CT molecular complexity index is 637. The maximum Gasteiger partial charge on any atom is 0.322 e. The summed E-state index contributed by atoms with van der Waals surface area (Å²) >= 11 is 8.02. The van der Waals surface area contributed by atoms with E-state index in [0.717, 1.165) is 35.7 Å². The molecule has 0 amide bonds. The predicted molar refractivity (Wildman–Crippen MR) is 107 cm³/mol. The fourth-order valence-electron chi connectivity index (χ4n) is 3.02. The molecule has 0 saturated carbocycles. The molecule has 1 N–H and O–H groups in total. The number of carbonyl (C=O) groups excluding carboxylic acids is 1. The molecule has 1 aromatic rings. The van der Waals surface area contributed by atoms with Gasteiger partial charge in [0, 0.05) is 10.9 Å². The molecule has 1 aliphatic carbocycles. The van der Waals surface area contributed by atoms with Gasteiger partial charge in [0.15, 0.2) is 0 Å². The van der Waals surface area contributed by atoms with Gasteiger partial charge >= 0.3 is 5.97 Å². The lowest BCUT2D eigenvalue weighted by molar-refractivity contribution is -0.156. The molecular weight excluding hydrogens is 354 g/mol. The lowest BCUT2D eigenvalue weighted by atomic mass is 9.88. The number of rotatable bonds is 5. The van der Waals surface area contributed by atoms with Gasteiger partial charge in [0.1, 0.15) is 10.3 Å². The molecule has 5 heteroatoms. The molecule has 140 valence electrons. The van der Waals surface area contributed by atoms with Gasteiger partial charge in [-0.3, -0.25) is 4.79 Å². The van der Waals surface area contributed by atoms with Gasteiger partial charge in [0.25, 0.3) is 0 Å². The van der Waals surface area contributed by atoms with Crippen molar-refractivity contribution in [3.8, 4) is 0 Å². The fraction of sp³-hybridized carbons (Fsp3) is 0.650. The summed E-state index contributed by atoms with van der Waals surface area (Å²) in [6.07, 6.45) is 3.20. The summed E-state index contributed by atoms with van der Waals surface area (Å²) in [4.78, 5) is 13.5. The maximum absolute atomic E-state index is 12.5. The highest BCUT2D eigenvalue weighted by molar-refractivity contribution is 8.01. The predicted octanol–water partition coefficient (Wildman–Crippen LogP) is 5.02. The number of benzene rings is 1. The molecule has 0 spiro atoms. The van der Waals surface area contributed by atoms with E-state index in [1.165, 1.54) is 22.9 Å².